The van der Waals surface area contributed by atoms with Crippen molar-refractivity contribution in [1.82, 2.24) is 45.3 Å². The summed E-state index contributed by atoms with van der Waals surface area (Å²) in [5.74, 6) is -4.21. The van der Waals surface area contributed by atoms with Crippen molar-refractivity contribution in [3.05, 3.63) is 0 Å². The molecule has 0 aromatic rings. The molecule has 0 aromatic heterocycles. The van der Waals surface area contributed by atoms with E-state index in [1.165, 1.54) is 47.2 Å². The number of nitrogens with one attached hydrogen (secondary N) is 3. The first kappa shape index (κ1) is 39.4. The molecule has 0 aliphatic rings. The maximum absolute atomic E-state index is 12.5. The summed E-state index contributed by atoms with van der Waals surface area (Å²) >= 11 is 0. The number of hydrogen-bond acceptors (Lipinski definition) is 10. The van der Waals surface area contributed by atoms with Crippen LogP contribution in [-0.4, -0.2) is 191 Å². The van der Waals surface area contributed by atoms with Crippen molar-refractivity contribution >= 4 is 53.5 Å². The fourth-order valence-electron chi connectivity index (χ4n) is 3.20. The lowest BCUT2D eigenvalue weighted by molar-refractivity contribution is -0.143. The Morgan fingerprint density at radius 2 is 0.795 bits per heavy atom. The molecule has 0 atom stereocenters. The minimum Gasteiger partial charge on any atom is -0.348 e. The van der Waals surface area contributed by atoms with Gasteiger partial charge in [0, 0.05) is 42.3 Å². The predicted molar refractivity (Wildman–Crippen MR) is 156 cm³/mol. The van der Waals surface area contributed by atoms with Crippen LogP contribution in [-0.2, 0) is 43.2 Å². The number of carbonyl (C=O) groups excluding carboxylic acids is 9. The molecule has 3 N–H and O–H groups in total. The molecule has 18 heteroatoms. The van der Waals surface area contributed by atoms with Gasteiger partial charge in [-0.05, 0) is 6.54 Å². The Hall–Kier alpha value is -4.61. The first-order valence-electron chi connectivity index (χ1n) is 13.6. The number of hydrogen-bond donors (Lipinski definition) is 3. The van der Waals surface area contributed by atoms with Crippen molar-refractivity contribution in [3.63, 3.8) is 0 Å². The maximum atomic E-state index is 12.5. The summed E-state index contributed by atoms with van der Waals surface area (Å²) in [6.45, 7) is -0.132. The predicted octanol–water partition coefficient (Wildman–Crippen LogP) is -5.22. The smallest absolute Gasteiger partial charge is 0.242 e. The molecule has 0 rings (SSSR count). The van der Waals surface area contributed by atoms with Gasteiger partial charge in [0.1, 0.15) is 6.29 Å². The molecule has 0 unspecified atom stereocenters. The molecule has 0 saturated heterocycles. The van der Waals surface area contributed by atoms with Crippen LogP contribution in [0, 0.1) is 0 Å². The molecule has 0 saturated carbocycles. The van der Waals surface area contributed by atoms with Crippen molar-refractivity contribution in [2.45, 2.75) is 6.92 Å². The normalized spacial score (nSPS) is 10.2. The zero-order valence-electron chi connectivity index (χ0n) is 26.5. The van der Waals surface area contributed by atoms with Crippen LogP contribution in [0.3, 0.4) is 0 Å². The molecular formula is C26H45N9O9. The van der Waals surface area contributed by atoms with Crippen LogP contribution in [0.5, 0.6) is 0 Å². The average molecular weight is 628 g/mol. The molecule has 248 valence electrons. The number of nitrogens with zero attached hydrogens (tertiary/aromatic N) is 6. The summed E-state index contributed by atoms with van der Waals surface area (Å²) in [5.41, 5.74) is 0. The molecular weight excluding hydrogens is 582 g/mol. The summed E-state index contributed by atoms with van der Waals surface area (Å²) < 4.78 is 0. The van der Waals surface area contributed by atoms with E-state index in [1.807, 2.05) is 6.92 Å². The van der Waals surface area contributed by atoms with Gasteiger partial charge in [0.05, 0.1) is 58.9 Å². The van der Waals surface area contributed by atoms with E-state index in [2.05, 4.69) is 16.0 Å². The molecule has 0 spiro atoms. The Kier molecular flexibility index (Phi) is 18.2. The van der Waals surface area contributed by atoms with Gasteiger partial charge in [-0.15, -0.1) is 0 Å². The highest BCUT2D eigenvalue weighted by Crippen LogP contribution is 1.96. The number of carbonyl (C=O) groups is 9. The number of rotatable bonds is 19. The van der Waals surface area contributed by atoms with Crippen molar-refractivity contribution in [2.75, 3.05) is 108 Å². The number of amides is 8. The van der Waals surface area contributed by atoms with Crippen LogP contribution >= 0.6 is 0 Å². The molecule has 0 heterocycles. The molecule has 44 heavy (non-hydrogen) atoms. The van der Waals surface area contributed by atoms with Crippen LogP contribution in [0.2, 0.25) is 0 Å². The molecule has 8 amide bonds. The molecule has 0 aromatic carbocycles. The van der Waals surface area contributed by atoms with Crippen LogP contribution in [0.4, 0.5) is 0 Å². The van der Waals surface area contributed by atoms with Gasteiger partial charge < -0.3 is 50.1 Å². The first-order chi connectivity index (χ1) is 20.5. The third-order valence-corrected chi connectivity index (χ3v) is 6.15. The molecule has 0 aliphatic heterocycles. The van der Waals surface area contributed by atoms with E-state index in [0.29, 0.717) is 12.8 Å². The van der Waals surface area contributed by atoms with Crippen molar-refractivity contribution in [2.24, 2.45) is 0 Å². The first-order valence-corrected chi connectivity index (χ1v) is 13.6. The minimum absolute atomic E-state index is 0.0825. The Morgan fingerprint density at radius 3 is 1.16 bits per heavy atom. The largest absolute Gasteiger partial charge is 0.348 e. The second kappa shape index (κ2) is 20.3. The number of aldehydes is 1. The molecule has 0 radical (unpaired) electrons. The van der Waals surface area contributed by atoms with Crippen LogP contribution in [0.25, 0.3) is 0 Å². The van der Waals surface area contributed by atoms with Gasteiger partial charge in [0.25, 0.3) is 0 Å². The van der Waals surface area contributed by atoms with E-state index < -0.39 is 61.0 Å². The third kappa shape index (κ3) is 15.6. The van der Waals surface area contributed by atoms with Crippen molar-refractivity contribution < 1.29 is 43.2 Å². The standard InChI is InChI=1S/C26H45N9O9/c1-8-27-11-21(39)32(4)15-25(43)34(6)18-24(42)31(3)14-20(38)29-12-22(40)33(5)16-26(44)35(7)17-23(41)30(2)13-19(37)28-9-10-36/h10,27H,8-9,11-18H2,1-7H3,(H,28,37)(H,29,38). The fraction of sp³-hybridized carbons (Fsp3) is 0.654. The Bertz CT molecular complexity index is 1070. The fourth-order valence-corrected chi connectivity index (χ4v) is 3.20. The highest BCUT2D eigenvalue weighted by atomic mass is 16.2. The molecule has 18 nitrogen and oxygen atoms in total. The van der Waals surface area contributed by atoms with Crippen LogP contribution < -0.4 is 16.0 Å². The molecule has 0 aliphatic carbocycles. The number of likely N-dealkylation sites (N-methyl/N-ethyl adjacent to an activating group) is 7. The SMILES string of the molecule is CCNCC(=O)N(C)CC(=O)N(C)CC(=O)N(C)CC(=O)NCC(=O)N(C)CC(=O)N(C)CC(=O)N(C)CC(=O)NCC=O. The Balaban J connectivity index is 4.59. The second-order valence-electron chi connectivity index (χ2n) is 10.0. The summed E-state index contributed by atoms with van der Waals surface area (Å²) in [5, 5.41) is 7.52. The monoisotopic (exact) mass is 627 g/mol. The zero-order valence-corrected chi connectivity index (χ0v) is 26.5. The summed E-state index contributed by atoms with van der Waals surface area (Å²) in [7, 11) is 8.26. The lowest BCUT2D eigenvalue weighted by Crippen LogP contribution is -2.48. The Morgan fingerprint density at radius 1 is 0.477 bits per heavy atom. The summed E-state index contributed by atoms with van der Waals surface area (Å²) in [6, 6.07) is 0. The van der Waals surface area contributed by atoms with Gasteiger partial charge in [-0.3, -0.25) is 38.4 Å². The molecule has 0 bridgehead atoms. The van der Waals surface area contributed by atoms with Crippen LogP contribution in [0.1, 0.15) is 6.92 Å². The van der Waals surface area contributed by atoms with E-state index in [1.54, 1.807) is 0 Å². The quantitative estimate of drug-likeness (QED) is 0.116. The second-order valence-corrected chi connectivity index (χ2v) is 10.0. The van der Waals surface area contributed by atoms with Crippen molar-refractivity contribution in [3.8, 4) is 0 Å². The van der Waals surface area contributed by atoms with Gasteiger partial charge >= 0.3 is 0 Å². The highest BCUT2D eigenvalue weighted by Gasteiger charge is 2.23. The third-order valence-electron chi connectivity index (χ3n) is 6.15. The van der Waals surface area contributed by atoms with Crippen LogP contribution in [0.15, 0.2) is 0 Å². The average Bonchev–Trinajstić information content (AvgIpc) is 2.96. The van der Waals surface area contributed by atoms with Gasteiger partial charge in [-0.25, -0.2) is 0 Å². The Labute approximate surface area is 257 Å². The van der Waals surface area contributed by atoms with Gasteiger partial charge in [-0.2, -0.15) is 0 Å². The van der Waals surface area contributed by atoms with E-state index >= 15 is 0 Å². The highest BCUT2D eigenvalue weighted by molar-refractivity contribution is 5.93. The summed E-state index contributed by atoms with van der Waals surface area (Å²) in [6.07, 6.45) is 0.501. The summed E-state index contributed by atoms with van der Waals surface area (Å²) in [4.78, 5) is 115. The van der Waals surface area contributed by atoms with Gasteiger partial charge in [-0.1, -0.05) is 6.92 Å². The lowest BCUT2D eigenvalue weighted by atomic mass is 10.3. The lowest BCUT2D eigenvalue weighted by Gasteiger charge is -2.25. The van der Waals surface area contributed by atoms with E-state index in [0.717, 1.165) is 24.5 Å². The van der Waals surface area contributed by atoms with E-state index in [9.17, 15) is 43.2 Å². The minimum atomic E-state index is -0.653. The van der Waals surface area contributed by atoms with Gasteiger partial charge in [0.15, 0.2) is 0 Å². The van der Waals surface area contributed by atoms with E-state index in [-0.39, 0.29) is 45.2 Å². The molecule has 0 fully saturated rings. The zero-order chi connectivity index (χ0) is 34.0. The van der Waals surface area contributed by atoms with E-state index in [4.69, 9.17) is 0 Å². The van der Waals surface area contributed by atoms with Gasteiger partial charge in [0.2, 0.25) is 47.3 Å². The topological polar surface area (TPSA) is 209 Å². The van der Waals surface area contributed by atoms with Crippen molar-refractivity contribution in [1.29, 1.82) is 0 Å². The maximum Gasteiger partial charge on any atom is 0.242 e.